The number of aliphatic hydroxyl groups excluding tert-OH is 1. The summed E-state index contributed by atoms with van der Waals surface area (Å²) in [6.45, 7) is 4.60. The minimum Gasteiger partial charge on any atom is -0.479 e. The third-order valence-corrected chi connectivity index (χ3v) is 2.26. The molecule has 5 nitrogen and oxygen atoms in total. The zero-order valence-electron chi connectivity index (χ0n) is 8.97. The van der Waals surface area contributed by atoms with Gasteiger partial charge in [0.15, 0.2) is 6.10 Å². The van der Waals surface area contributed by atoms with Crippen LogP contribution < -0.4 is 0 Å². The molecule has 0 aliphatic heterocycles. The molecule has 0 bridgehead atoms. The predicted octanol–water partition coefficient (Wildman–Crippen LogP) is 0.453. The lowest BCUT2D eigenvalue weighted by atomic mass is 10.2. The van der Waals surface area contributed by atoms with Gasteiger partial charge in [0.05, 0.1) is 5.69 Å². The molecule has 1 rings (SSSR count). The zero-order chi connectivity index (χ0) is 11.4. The van der Waals surface area contributed by atoms with Gasteiger partial charge in [0, 0.05) is 18.7 Å². The Morgan fingerprint density at radius 2 is 2.27 bits per heavy atom. The molecule has 0 aliphatic rings. The Morgan fingerprint density at radius 1 is 1.60 bits per heavy atom. The summed E-state index contributed by atoms with van der Waals surface area (Å²) in [5.74, 6) is -1.20. The summed E-state index contributed by atoms with van der Waals surface area (Å²) in [7, 11) is 0. The number of aliphatic carboxylic acids is 1. The van der Waals surface area contributed by atoms with Crippen LogP contribution in [0.15, 0.2) is 6.07 Å². The van der Waals surface area contributed by atoms with E-state index >= 15 is 0 Å². The van der Waals surface area contributed by atoms with Crippen molar-refractivity contribution >= 4 is 5.97 Å². The lowest BCUT2D eigenvalue weighted by Crippen LogP contribution is -2.23. The van der Waals surface area contributed by atoms with Gasteiger partial charge in [-0.3, -0.25) is 4.68 Å². The molecule has 0 fully saturated rings. The summed E-state index contributed by atoms with van der Waals surface area (Å²) in [5.41, 5.74) is 1.69. The first-order valence-electron chi connectivity index (χ1n) is 5.04. The molecule has 0 amide bonds. The molecule has 1 heterocycles. The topological polar surface area (TPSA) is 75.3 Å². The van der Waals surface area contributed by atoms with Crippen molar-refractivity contribution in [2.24, 2.45) is 0 Å². The Balaban J connectivity index is 2.83. The first-order chi connectivity index (χ1) is 7.08. The molecule has 1 aromatic rings. The Kier molecular flexibility index (Phi) is 3.85. The van der Waals surface area contributed by atoms with Crippen LogP contribution in [0.1, 0.15) is 25.2 Å². The maximum Gasteiger partial charge on any atom is 0.332 e. The smallest absolute Gasteiger partial charge is 0.332 e. The second kappa shape index (κ2) is 4.93. The van der Waals surface area contributed by atoms with E-state index in [1.54, 1.807) is 4.68 Å². The van der Waals surface area contributed by atoms with E-state index in [2.05, 4.69) is 5.10 Å². The fourth-order valence-electron chi connectivity index (χ4n) is 1.41. The zero-order valence-corrected chi connectivity index (χ0v) is 8.97. The maximum atomic E-state index is 10.5. The van der Waals surface area contributed by atoms with Crippen LogP contribution in [0.4, 0.5) is 0 Å². The van der Waals surface area contributed by atoms with Crippen LogP contribution >= 0.6 is 0 Å². The van der Waals surface area contributed by atoms with Gasteiger partial charge >= 0.3 is 5.97 Å². The van der Waals surface area contributed by atoms with Crippen molar-refractivity contribution in [1.29, 1.82) is 0 Å². The van der Waals surface area contributed by atoms with E-state index in [4.69, 9.17) is 5.11 Å². The van der Waals surface area contributed by atoms with Gasteiger partial charge in [-0.2, -0.15) is 5.10 Å². The van der Waals surface area contributed by atoms with Crippen LogP contribution in [-0.4, -0.2) is 32.1 Å². The number of hydrogen-bond acceptors (Lipinski definition) is 3. The fraction of sp³-hybridized carbons (Fsp3) is 0.600. The highest BCUT2D eigenvalue weighted by Crippen LogP contribution is 2.08. The molecule has 0 aromatic carbocycles. The van der Waals surface area contributed by atoms with Gasteiger partial charge in [0.1, 0.15) is 0 Å². The molecule has 0 spiro atoms. The van der Waals surface area contributed by atoms with Crippen LogP contribution in [-0.2, 0) is 24.2 Å². The molecule has 0 radical (unpaired) electrons. The number of carboxylic acids is 1. The predicted molar refractivity (Wildman–Crippen MR) is 54.6 cm³/mol. The summed E-state index contributed by atoms with van der Waals surface area (Å²) >= 11 is 0. The fourth-order valence-corrected chi connectivity index (χ4v) is 1.41. The third kappa shape index (κ3) is 2.79. The van der Waals surface area contributed by atoms with Crippen LogP contribution in [0.25, 0.3) is 0 Å². The summed E-state index contributed by atoms with van der Waals surface area (Å²) in [6, 6.07) is 1.84. The molecule has 0 saturated carbocycles. The first-order valence-corrected chi connectivity index (χ1v) is 5.04. The highest BCUT2D eigenvalue weighted by molar-refractivity contribution is 5.72. The summed E-state index contributed by atoms with van der Waals surface area (Å²) in [4.78, 5) is 10.5. The molecule has 0 aliphatic carbocycles. The molecular weight excluding hydrogens is 196 g/mol. The van der Waals surface area contributed by atoms with Crippen molar-refractivity contribution in [3.8, 4) is 0 Å². The molecule has 2 N–H and O–H groups in total. The lowest BCUT2D eigenvalue weighted by molar-refractivity contribution is -0.146. The molecule has 1 unspecified atom stereocenters. The summed E-state index contributed by atoms with van der Waals surface area (Å²) < 4.78 is 1.73. The number of aromatic nitrogens is 2. The number of carboxylic acid groups (broad SMARTS) is 1. The number of nitrogens with zero attached hydrogens (tertiary/aromatic N) is 2. The Labute approximate surface area is 88.3 Å². The van der Waals surface area contributed by atoms with Crippen LogP contribution in [0.3, 0.4) is 0 Å². The lowest BCUT2D eigenvalue weighted by Gasteiger charge is -2.06. The van der Waals surface area contributed by atoms with E-state index < -0.39 is 12.1 Å². The molecule has 15 heavy (non-hydrogen) atoms. The quantitative estimate of drug-likeness (QED) is 0.743. The average molecular weight is 212 g/mol. The van der Waals surface area contributed by atoms with Crippen molar-refractivity contribution in [1.82, 2.24) is 9.78 Å². The van der Waals surface area contributed by atoms with E-state index in [1.807, 2.05) is 19.9 Å². The van der Waals surface area contributed by atoms with Crippen molar-refractivity contribution in [3.63, 3.8) is 0 Å². The molecule has 84 valence electrons. The number of carbonyl (C=O) groups is 1. The van der Waals surface area contributed by atoms with Crippen LogP contribution in [0.5, 0.6) is 0 Å². The molecule has 1 aromatic heterocycles. The SMILES string of the molecule is CCc1cc(CC(O)C(=O)O)n(CC)n1. The van der Waals surface area contributed by atoms with Crippen molar-refractivity contribution in [2.75, 3.05) is 0 Å². The minimum atomic E-state index is -1.35. The normalized spacial score (nSPS) is 12.7. The Bertz CT molecular complexity index is 346. The standard InChI is InChI=1S/C10H16N2O3/c1-3-7-5-8(12(4-2)11-7)6-9(13)10(14)15/h5,9,13H,3-4,6H2,1-2H3,(H,14,15). The Morgan fingerprint density at radius 3 is 2.73 bits per heavy atom. The van der Waals surface area contributed by atoms with Gasteiger partial charge in [-0.25, -0.2) is 4.79 Å². The van der Waals surface area contributed by atoms with Crippen LogP contribution in [0, 0.1) is 0 Å². The maximum absolute atomic E-state index is 10.5. The minimum absolute atomic E-state index is 0.107. The van der Waals surface area contributed by atoms with Crippen LogP contribution in [0.2, 0.25) is 0 Å². The van der Waals surface area contributed by atoms with E-state index in [1.165, 1.54) is 0 Å². The molecule has 0 saturated heterocycles. The van der Waals surface area contributed by atoms with Crippen molar-refractivity contribution < 1.29 is 15.0 Å². The van der Waals surface area contributed by atoms with Crippen molar-refractivity contribution in [3.05, 3.63) is 17.5 Å². The first kappa shape index (κ1) is 11.7. The van der Waals surface area contributed by atoms with Crippen molar-refractivity contribution in [2.45, 2.75) is 39.3 Å². The molecule has 5 heteroatoms. The van der Waals surface area contributed by atoms with Gasteiger partial charge in [0.2, 0.25) is 0 Å². The van der Waals surface area contributed by atoms with E-state index in [0.29, 0.717) is 6.54 Å². The average Bonchev–Trinajstić information content (AvgIpc) is 2.60. The summed E-state index contributed by atoms with van der Waals surface area (Å²) in [5, 5.41) is 22.1. The van der Waals surface area contributed by atoms with Gasteiger partial charge in [-0.05, 0) is 19.4 Å². The van der Waals surface area contributed by atoms with E-state index in [0.717, 1.165) is 17.8 Å². The second-order valence-corrected chi connectivity index (χ2v) is 3.35. The second-order valence-electron chi connectivity index (χ2n) is 3.35. The highest BCUT2D eigenvalue weighted by atomic mass is 16.4. The number of hydrogen-bond donors (Lipinski definition) is 2. The highest BCUT2D eigenvalue weighted by Gasteiger charge is 2.17. The van der Waals surface area contributed by atoms with Gasteiger partial charge in [-0.1, -0.05) is 6.92 Å². The van der Waals surface area contributed by atoms with E-state index in [9.17, 15) is 9.90 Å². The molecule has 1 atom stereocenters. The van der Waals surface area contributed by atoms with Gasteiger partial charge < -0.3 is 10.2 Å². The third-order valence-electron chi connectivity index (χ3n) is 2.26. The summed E-state index contributed by atoms with van der Waals surface area (Å²) in [6.07, 6.45) is -0.434. The molecular formula is C10H16N2O3. The monoisotopic (exact) mass is 212 g/mol. The number of rotatable bonds is 5. The Hall–Kier alpha value is -1.36. The van der Waals surface area contributed by atoms with E-state index in [-0.39, 0.29) is 6.42 Å². The number of aliphatic hydroxyl groups is 1. The van der Waals surface area contributed by atoms with Gasteiger partial charge in [-0.15, -0.1) is 0 Å². The number of aryl methyl sites for hydroxylation is 2. The van der Waals surface area contributed by atoms with Gasteiger partial charge in [0.25, 0.3) is 0 Å². The largest absolute Gasteiger partial charge is 0.479 e.